The van der Waals surface area contributed by atoms with Crippen molar-refractivity contribution in [3.63, 3.8) is 0 Å². The minimum atomic E-state index is -5.03. The Morgan fingerprint density at radius 3 is 2.65 bits per heavy atom. The van der Waals surface area contributed by atoms with Gasteiger partial charge in [0.2, 0.25) is 0 Å². The van der Waals surface area contributed by atoms with Gasteiger partial charge < -0.3 is 4.18 Å². The summed E-state index contributed by atoms with van der Waals surface area (Å²) >= 11 is 4.07. The van der Waals surface area contributed by atoms with Crippen molar-refractivity contribution >= 4 is 23.1 Å². The highest BCUT2D eigenvalue weighted by molar-refractivity contribution is 7.81. The average molecular weight is 274 g/mol. The first kappa shape index (κ1) is 13.9. The molecule has 3 nitrogen and oxygen atoms in total. The van der Waals surface area contributed by atoms with Gasteiger partial charge in [0.25, 0.3) is 0 Å². The lowest BCUT2D eigenvalue weighted by Gasteiger charge is -2.10. The average Bonchev–Trinajstić information content (AvgIpc) is 2.22. The number of thiol groups is 1. The van der Waals surface area contributed by atoms with Gasteiger partial charge in [0, 0.05) is 12.2 Å². The second-order valence-electron chi connectivity index (χ2n) is 3.39. The summed E-state index contributed by atoms with van der Waals surface area (Å²) in [7, 11) is -5.03. The van der Waals surface area contributed by atoms with Crippen LogP contribution >= 0.6 is 12.6 Å². The number of hydrogen-bond acceptors (Lipinski definition) is 4. The predicted octanol–water partition coefficient (Wildman–Crippen LogP) is 2.19. The Balaban J connectivity index is 3.29. The van der Waals surface area contributed by atoms with E-state index in [0.717, 1.165) is 5.56 Å². The molecule has 0 saturated carbocycles. The van der Waals surface area contributed by atoms with Crippen molar-refractivity contribution in [1.29, 1.82) is 0 Å². The molecule has 1 aromatic rings. The molecule has 0 aromatic heterocycles. The van der Waals surface area contributed by atoms with Crippen LogP contribution in [0.1, 0.15) is 16.7 Å². The fourth-order valence-corrected chi connectivity index (χ4v) is 1.96. The Bertz CT molecular complexity index is 559. The topological polar surface area (TPSA) is 43.4 Å². The smallest absolute Gasteiger partial charge is 0.358 e. The van der Waals surface area contributed by atoms with Crippen LogP contribution in [0, 0.1) is 19.3 Å². The van der Waals surface area contributed by atoms with Crippen LogP contribution < -0.4 is 4.18 Å². The zero-order chi connectivity index (χ0) is 13.1. The van der Waals surface area contributed by atoms with E-state index in [9.17, 15) is 12.3 Å². The molecule has 0 bridgehead atoms. The fourth-order valence-electron chi connectivity index (χ4n) is 1.39. The summed E-state index contributed by atoms with van der Waals surface area (Å²) in [4.78, 5) is 0. The van der Waals surface area contributed by atoms with Crippen molar-refractivity contribution in [1.82, 2.24) is 0 Å². The Hall–Kier alpha value is -1.19. The zero-order valence-electron chi connectivity index (χ0n) is 9.10. The van der Waals surface area contributed by atoms with Gasteiger partial charge in [-0.25, -0.2) is 0 Å². The van der Waals surface area contributed by atoms with Crippen molar-refractivity contribution < 1.29 is 16.5 Å². The number of benzene rings is 1. The molecule has 1 rings (SSSR count). The van der Waals surface area contributed by atoms with Gasteiger partial charge in [-0.15, -0.1) is 12.3 Å². The summed E-state index contributed by atoms with van der Waals surface area (Å²) in [5, 5.41) is 0. The maximum absolute atomic E-state index is 12.5. The van der Waals surface area contributed by atoms with E-state index in [-0.39, 0.29) is 5.75 Å². The van der Waals surface area contributed by atoms with E-state index in [0.29, 0.717) is 23.3 Å². The van der Waals surface area contributed by atoms with Crippen LogP contribution in [0.25, 0.3) is 0 Å². The Labute approximate surface area is 106 Å². The molecule has 1 aromatic carbocycles. The SMILES string of the molecule is C#CCc1cc(CS)cc(OS(=O)(=O)F)c1C. The molecule has 0 aliphatic carbocycles. The molecule has 0 aliphatic rings. The second kappa shape index (κ2) is 5.43. The van der Waals surface area contributed by atoms with Gasteiger partial charge in [-0.05, 0) is 29.7 Å². The largest absolute Gasteiger partial charge is 0.488 e. The van der Waals surface area contributed by atoms with Crippen molar-refractivity contribution in [3.05, 3.63) is 28.8 Å². The number of hydrogen-bond donors (Lipinski definition) is 1. The Kier molecular flexibility index (Phi) is 4.43. The molecule has 0 atom stereocenters. The van der Waals surface area contributed by atoms with E-state index >= 15 is 0 Å². The summed E-state index contributed by atoms with van der Waals surface area (Å²) in [5.74, 6) is 2.77. The summed E-state index contributed by atoms with van der Waals surface area (Å²) in [6, 6.07) is 3.22. The molecule has 0 fully saturated rings. The molecule has 92 valence electrons. The second-order valence-corrected chi connectivity index (χ2v) is 4.66. The monoisotopic (exact) mass is 274 g/mol. The van der Waals surface area contributed by atoms with Crippen LogP contribution in [0.2, 0.25) is 0 Å². The normalized spacial score (nSPS) is 10.9. The highest BCUT2D eigenvalue weighted by atomic mass is 32.3. The molecular weight excluding hydrogens is 263 g/mol. The molecule has 0 amide bonds. The van der Waals surface area contributed by atoms with Crippen LogP contribution in [0.5, 0.6) is 5.75 Å². The first-order valence-electron chi connectivity index (χ1n) is 4.68. The van der Waals surface area contributed by atoms with Crippen molar-refractivity contribution in [2.45, 2.75) is 19.1 Å². The minimum absolute atomic E-state index is 0.0516. The zero-order valence-corrected chi connectivity index (χ0v) is 10.8. The van der Waals surface area contributed by atoms with Gasteiger partial charge in [0.05, 0.1) is 0 Å². The van der Waals surface area contributed by atoms with E-state index in [1.54, 1.807) is 13.0 Å². The van der Waals surface area contributed by atoms with Crippen LogP contribution in [-0.4, -0.2) is 8.42 Å². The van der Waals surface area contributed by atoms with E-state index < -0.39 is 10.5 Å². The van der Waals surface area contributed by atoms with Gasteiger partial charge in [0.15, 0.2) is 0 Å². The van der Waals surface area contributed by atoms with Crippen molar-refractivity contribution in [2.24, 2.45) is 0 Å². The number of halogens is 1. The van der Waals surface area contributed by atoms with Crippen LogP contribution in [-0.2, 0) is 22.7 Å². The first-order valence-corrected chi connectivity index (χ1v) is 6.62. The van der Waals surface area contributed by atoms with Crippen molar-refractivity contribution in [3.8, 4) is 18.1 Å². The standard InChI is InChI=1S/C11H11FO3S2/c1-3-4-10-5-9(7-16)6-11(8(10)2)15-17(12,13)14/h1,5-6,16H,4,7H2,2H3. The van der Waals surface area contributed by atoms with E-state index in [4.69, 9.17) is 6.42 Å². The third kappa shape index (κ3) is 3.95. The molecular formula is C11H11FO3S2. The van der Waals surface area contributed by atoms with Gasteiger partial charge in [-0.1, -0.05) is 9.95 Å². The molecule has 0 aliphatic heterocycles. The Morgan fingerprint density at radius 1 is 1.53 bits per heavy atom. The van der Waals surface area contributed by atoms with Gasteiger partial charge >= 0.3 is 10.5 Å². The number of terminal acetylenes is 1. The third-order valence-corrected chi connectivity index (χ3v) is 2.94. The lowest BCUT2D eigenvalue weighted by Crippen LogP contribution is -2.04. The number of rotatable bonds is 4. The summed E-state index contributed by atoms with van der Waals surface area (Å²) in [6.45, 7) is 1.62. The molecule has 0 saturated heterocycles. The van der Waals surface area contributed by atoms with E-state index in [2.05, 4.69) is 22.7 Å². The highest BCUT2D eigenvalue weighted by Crippen LogP contribution is 2.26. The first-order chi connectivity index (χ1) is 7.87. The lowest BCUT2D eigenvalue weighted by atomic mass is 10.0. The van der Waals surface area contributed by atoms with Crippen molar-refractivity contribution in [2.75, 3.05) is 0 Å². The summed E-state index contributed by atoms with van der Waals surface area (Å²) < 4.78 is 37.7. The molecule has 0 N–H and O–H groups in total. The van der Waals surface area contributed by atoms with E-state index in [1.807, 2.05) is 0 Å². The van der Waals surface area contributed by atoms with Gasteiger partial charge in [0.1, 0.15) is 5.75 Å². The highest BCUT2D eigenvalue weighted by Gasteiger charge is 2.15. The minimum Gasteiger partial charge on any atom is -0.358 e. The van der Waals surface area contributed by atoms with Gasteiger partial charge in [-0.2, -0.15) is 21.0 Å². The third-order valence-electron chi connectivity index (χ3n) is 2.19. The maximum atomic E-state index is 12.5. The molecule has 0 heterocycles. The quantitative estimate of drug-likeness (QED) is 0.520. The molecule has 0 spiro atoms. The van der Waals surface area contributed by atoms with E-state index in [1.165, 1.54) is 6.07 Å². The summed E-state index contributed by atoms with van der Waals surface area (Å²) in [6.07, 6.45) is 5.51. The summed E-state index contributed by atoms with van der Waals surface area (Å²) in [5.41, 5.74) is 1.94. The molecule has 17 heavy (non-hydrogen) atoms. The van der Waals surface area contributed by atoms with Crippen LogP contribution in [0.15, 0.2) is 12.1 Å². The van der Waals surface area contributed by atoms with Crippen LogP contribution in [0.4, 0.5) is 3.89 Å². The fraction of sp³-hybridized carbons (Fsp3) is 0.273. The molecule has 6 heteroatoms. The lowest BCUT2D eigenvalue weighted by molar-refractivity contribution is 0.438. The molecule has 0 unspecified atom stereocenters. The molecule has 0 radical (unpaired) electrons. The maximum Gasteiger partial charge on any atom is 0.488 e. The predicted molar refractivity (Wildman–Crippen MR) is 67.1 cm³/mol. The Morgan fingerprint density at radius 2 is 2.18 bits per heavy atom. The van der Waals surface area contributed by atoms with Crippen LogP contribution in [0.3, 0.4) is 0 Å². The van der Waals surface area contributed by atoms with Gasteiger partial charge in [-0.3, -0.25) is 0 Å².